The predicted molar refractivity (Wildman–Crippen MR) is 81.5 cm³/mol. The van der Waals surface area contributed by atoms with Gasteiger partial charge in [-0.05, 0) is 44.4 Å². The monoisotopic (exact) mass is 289 g/mol. The van der Waals surface area contributed by atoms with Gasteiger partial charge in [-0.3, -0.25) is 0 Å². The number of anilines is 1. The summed E-state index contributed by atoms with van der Waals surface area (Å²) >= 11 is 0. The maximum absolute atomic E-state index is 11.6. The minimum atomic E-state index is -0.294. The number of esters is 1. The molecule has 4 heteroatoms. The summed E-state index contributed by atoms with van der Waals surface area (Å²) in [5.41, 5.74) is 1.90. The summed E-state index contributed by atoms with van der Waals surface area (Å²) in [7, 11) is 1.41. The van der Waals surface area contributed by atoms with Crippen molar-refractivity contribution in [1.82, 2.24) is 0 Å². The highest BCUT2D eigenvalue weighted by atomic mass is 16.5. The Morgan fingerprint density at radius 2 is 2.24 bits per heavy atom. The summed E-state index contributed by atoms with van der Waals surface area (Å²) in [6.45, 7) is 2.85. The van der Waals surface area contributed by atoms with Gasteiger partial charge in [-0.25, -0.2) is 4.79 Å². The number of methoxy groups -OCH3 is 1. The van der Waals surface area contributed by atoms with Gasteiger partial charge < -0.3 is 14.8 Å². The minimum Gasteiger partial charge on any atom is -0.465 e. The lowest BCUT2D eigenvalue weighted by molar-refractivity contribution is -0.157. The fourth-order valence-corrected chi connectivity index (χ4v) is 3.70. The van der Waals surface area contributed by atoms with Crippen LogP contribution >= 0.6 is 0 Å². The standard InChI is InChI=1S/C17H23NO3/c1-3-21-15-11-14(17(15)8-5-9-17)18-13-7-4-6-12(10-13)16(19)20-2/h4,6-7,10,14-15,18H,3,5,8-9,11H2,1-2H3. The van der Waals surface area contributed by atoms with Crippen LogP contribution < -0.4 is 5.32 Å². The first-order valence-electron chi connectivity index (χ1n) is 7.76. The van der Waals surface area contributed by atoms with E-state index in [-0.39, 0.29) is 5.97 Å². The van der Waals surface area contributed by atoms with Crippen LogP contribution in [0, 0.1) is 5.41 Å². The topological polar surface area (TPSA) is 47.6 Å². The van der Waals surface area contributed by atoms with Gasteiger partial charge in [-0.2, -0.15) is 0 Å². The first-order valence-corrected chi connectivity index (χ1v) is 7.76. The highest BCUT2D eigenvalue weighted by Crippen LogP contribution is 2.58. The Hall–Kier alpha value is -1.55. The maximum Gasteiger partial charge on any atom is 0.337 e. The summed E-state index contributed by atoms with van der Waals surface area (Å²) in [4.78, 5) is 11.6. The van der Waals surface area contributed by atoms with E-state index in [1.54, 1.807) is 6.07 Å². The molecular weight excluding hydrogens is 266 g/mol. The summed E-state index contributed by atoms with van der Waals surface area (Å²) < 4.78 is 10.6. The van der Waals surface area contributed by atoms with Gasteiger partial charge in [0, 0.05) is 23.8 Å². The van der Waals surface area contributed by atoms with Crippen LogP contribution in [-0.2, 0) is 9.47 Å². The molecule has 4 nitrogen and oxygen atoms in total. The van der Waals surface area contributed by atoms with Crippen molar-refractivity contribution in [3.8, 4) is 0 Å². The Kier molecular flexibility index (Phi) is 3.89. The molecule has 1 spiro atoms. The van der Waals surface area contributed by atoms with E-state index in [0.717, 1.165) is 18.7 Å². The Labute approximate surface area is 125 Å². The van der Waals surface area contributed by atoms with Crippen molar-refractivity contribution in [2.75, 3.05) is 19.0 Å². The molecule has 2 atom stereocenters. The Morgan fingerprint density at radius 3 is 2.86 bits per heavy atom. The molecule has 0 aliphatic heterocycles. The van der Waals surface area contributed by atoms with Crippen LogP contribution in [-0.4, -0.2) is 31.8 Å². The van der Waals surface area contributed by atoms with Crippen LogP contribution in [0.2, 0.25) is 0 Å². The van der Waals surface area contributed by atoms with Gasteiger partial charge in [0.05, 0.1) is 18.8 Å². The second kappa shape index (κ2) is 5.68. The minimum absolute atomic E-state index is 0.294. The van der Waals surface area contributed by atoms with E-state index < -0.39 is 0 Å². The summed E-state index contributed by atoms with van der Waals surface area (Å²) in [6.07, 6.45) is 5.23. The van der Waals surface area contributed by atoms with E-state index >= 15 is 0 Å². The molecule has 1 aromatic carbocycles. The average molecular weight is 289 g/mol. The number of benzene rings is 1. The Morgan fingerprint density at radius 1 is 1.43 bits per heavy atom. The SMILES string of the molecule is CCOC1CC(Nc2cccc(C(=O)OC)c2)C12CCC2. The van der Waals surface area contributed by atoms with Crippen LogP contribution in [0.15, 0.2) is 24.3 Å². The number of rotatable bonds is 5. The van der Waals surface area contributed by atoms with Crippen molar-refractivity contribution in [3.63, 3.8) is 0 Å². The lowest BCUT2D eigenvalue weighted by Gasteiger charge is -2.61. The summed E-state index contributed by atoms with van der Waals surface area (Å²) in [5.74, 6) is -0.294. The molecule has 1 N–H and O–H groups in total. The third-order valence-electron chi connectivity index (χ3n) is 5.06. The lowest BCUT2D eigenvalue weighted by Crippen LogP contribution is -2.64. The maximum atomic E-state index is 11.6. The molecule has 2 fully saturated rings. The number of hydrogen-bond donors (Lipinski definition) is 1. The molecule has 2 saturated carbocycles. The lowest BCUT2D eigenvalue weighted by atomic mass is 9.51. The predicted octanol–water partition coefficient (Wildman–Crippen LogP) is 3.23. The molecule has 1 aromatic rings. The second-order valence-electron chi connectivity index (χ2n) is 6.04. The van der Waals surface area contributed by atoms with E-state index in [4.69, 9.17) is 9.47 Å². The van der Waals surface area contributed by atoms with Crippen molar-refractivity contribution in [2.45, 2.75) is 44.8 Å². The smallest absolute Gasteiger partial charge is 0.337 e. The van der Waals surface area contributed by atoms with Gasteiger partial charge in [0.25, 0.3) is 0 Å². The molecule has 3 rings (SSSR count). The van der Waals surface area contributed by atoms with E-state index in [2.05, 4.69) is 12.2 Å². The molecule has 21 heavy (non-hydrogen) atoms. The van der Waals surface area contributed by atoms with Crippen LogP contribution in [0.25, 0.3) is 0 Å². The van der Waals surface area contributed by atoms with E-state index in [1.807, 2.05) is 18.2 Å². The number of carbonyl (C=O) groups excluding carboxylic acids is 1. The number of nitrogens with one attached hydrogen (secondary N) is 1. The fourth-order valence-electron chi connectivity index (χ4n) is 3.70. The van der Waals surface area contributed by atoms with E-state index in [1.165, 1.54) is 26.4 Å². The van der Waals surface area contributed by atoms with E-state index in [9.17, 15) is 4.79 Å². The van der Waals surface area contributed by atoms with Crippen molar-refractivity contribution in [2.24, 2.45) is 5.41 Å². The normalized spacial score (nSPS) is 25.8. The summed E-state index contributed by atoms with van der Waals surface area (Å²) in [6, 6.07) is 8.00. The molecule has 0 saturated heterocycles. The van der Waals surface area contributed by atoms with Gasteiger partial charge in [-0.15, -0.1) is 0 Å². The Balaban J connectivity index is 1.69. The highest BCUT2D eigenvalue weighted by molar-refractivity contribution is 5.90. The molecule has 2 unspecified atom stereocenters. The number of hydrogen-bond acceptors (Lipinski definition) is 4. The molecule has 0 aromatic heterocycles. The van der Waals surface area contributed by atoms with Gasteiger partial charge in [0.15, 0.2) is 0 Å². The first kappa shape index (κ1) is 14.4. The fraction of sp³-hybridized carbons (Fsp3) is 0.588. The molecule has 0 heterocycles. The van der Waals surface area contributed by atoms with Crippen LogP contribution in [0.1, 0.15) is 43.0 Å². The van der Waals surface area contributed by atoms with Gasteiger partial charge in [0.2, 0.25) is 0 Å². The molecule has 0 amide bonds. The quantitative estimate of drug-likeness (QED) is 0.845. The van der Waals surface area contributed by atoms with Crippen molar-refractivity contribution in [1.29, 1.82) is 0 Å². The zero-order valence-corrected chi connectivity index (χ0v) is 12.7. The van der Waals surface area contributed by atoms with Crippen molar-refractivity contribution in [3.05, 3.63) is 29.8 Å². The molecule has 114 valence electrons. The number of ether oxygens (including phenoxy) is 2. The van der Waals surface area contributed by atoms with Crippen molar-refractivity contribution >= 4 is 11.7 Å². The third kappa shape index (κ3) is 2.42. The van der Waals surface area contributed by atoms with Gasteiger partial charge in [0.1, 0.15) is 0 Å². The van der Waals surface area contributed by atoms with Gasteiger partial charge in [-0.1, -0.05) is 12.5 Å². The Bertz CT molecular complexity index is 525. The zero-order valence-electron chi connectivity index (χ0n) is 12.7. The molecule has 2 aliphatic rings. The first-order chi connectivity index (χ1) is 10.2. The van der Waals surface area contributed by atoms with Crippen LogP contribution in [0.4, 0.5) is 5.69 Å². The number of carbonyl (C=O) groups is 1. The zero-order chi connectivity index (χ0) is 14.9. The van der Waals surface area contributed by atoms with E-state index in [0.29, 0.717) is 23.1 Å². The van der Waals surface area contributed by atoms with Crippen molar-refractivity contribution < 1.29 is 14.3 Å². The highest BCUT2D eigenvalue weighted by Gasteiger charge is 2.58. The average Bonchev–Trinajstić information content (AvgIpc) is 2.44. The molecule has 0 bridgehead atoms. The van der Waals surface area contributed by atoms with Crippen LogP contribution in [0.5, 0.6) is 0 Å². The second-order valence-corrected chi connectivity index (χ2v) is 6.04. The molecule has 0 radical (unpaired) electrons. The van der Waals surface area contributed by atoms with Crippen LogP contribution in [0.3, 0.4) is 0 Å². The molecular formula is C17H23NO3. The largest absolute Gasteiger partial charge is 0.465 e. The summed E-state index contributed by atoms with van der Waals surface area (Å²) in [5, 5.41) is 3.59. The molecule has 2 aliphatic carbocycles. The third-order valence-corrected chi connectivity index (χ3v) is 5.06. The van der Waals surface area contributed by atoms with Gasteiger partial charge >= 0.3 is 5.97 Å².